The highest BCUT2D eigenvalue weighted by atomic mass is 16.5. The van der Waals surface area contributed by atoms with Gasteiger partial charge in [0.25, 0.3) is 5.82 Å². The summed E-state index contributed by atoms with van der Waals surface area (Å²) in [6, 6.07) is 3.82. The second-order valence-electron chi connectivity index (χ2n) is 7.65. The lowest BCUT2D eigenvalue weighted by molar-refractivity contribution is -0.694. The summed E-state index contributed by atoms with van der Waals surface area (Å²) in [6.07, 6.45) is 15.1. The van der Waals surface area contributed by atoms with E-state index >= 15 is 0 Å². The van der Waals surface area contributed by atoms with Gasteiger partial charge in [-0.2, -0.15) is 0 Å². The van der Waals surface area contributed by atoms with Gasteiger partial charge in [-0.15, -0.1) is 0 Å². The number of hydrogen-bond acceptors (Lipinski definition) is 3. The van der Waals surface area contributed by atoms with E-state index in [9.17, 15) is 0 Å². The average molecular weight is 404 g/mol. The Balaban J connectivity index is 1.94. The summed E-state index contributed by atoms with van der Waals surface area (Å²) in [7, 11) is 5.02. The molecular weight excluding hydrogens is 364 g/mol. The highest BCUT2D eigenvalue weighted by Crippen LogP contribution is 2.33. The van der Waals surface area contributed by atoms with E-state index in [-0.39, 0.29) is 0 Å². The molecule has 0 amide bonds. The molecule has 2 rings (SSSR count). The Hall–Kier alpha value is -2.17. The molecule has 0 bridgehead atoms. The molecule has 0 aliphatic rings. The van der Waals surface area contributed by atoms with Crippen LogP contribution in [0.5, 0.6) is 17.2 Å². The second-order valence-corrected chi connectivity index (χ2v) is 7.65. The molecule has 5 heteroatoms. The van der Waals surface area contributed by atoms with Crippen LogP contribution in [-0.2, 0) is 13.1 Å². The molecule has 5 nitrogen and oxygen atoms in total. The van der Waals surface area contributed by atoms with E-state index in [1.54, 1.807) is 21.3 Å². The van der Waals surface area contributed by atoms with Gasteiger partial charge in [0.2, 0.25) is 0 Å². The maximum absolute atomic E-state index is 5.60. The second kappa shape index (κ2) is 12.4. The molecule has 0 N–H and O–H groups in total. The standard InChI is InChI=1S/C24H39N2O3/c1-6-7-8-9-10-11-12-13-14-25-15-16-26(20(25)2)19-22-23(28-4)17-21(27-3)18-24(22)29-5/h15-18H,6-14,19H2,1-5H3/q+1. The summed E-state index contributed by atoms with van der Waals surface area (Å²) in [4.78, 5) is 0. The van der Waals surface area contributed by atoms with Crippen LogP contribution in [0.4, 0.5) is 0 Å². The van der Waals surface area contributed by atoms with Crippen molar-refractivity contribution < 1.29 is 18.8 Å². The summed E-state index contributed by atoms with van der Waals surface area (Å²) < 4.78 is 21.1. The Labute approximate surface area is 176 Å². The van der Waals surface area contributed by atoms with Crippen LogP contribution in [0.15, 0.2) is 24.5 Å². The van der Waals surface area contributed by atoms with Crippen LogP contribution in [0, 0.1) is 6.92 Å². The Bertz CT molecular complexity index is 715. The third kappa shape index (κ3) is 6.69. The lowest BCUT2D eigenvalue weighted by Gasteiger charge is -2.14. The van der Waals surface area contributed by atoms with Gasteiger partial charge >= 0.3 is 0 Å². The number of aromatic nitrogens is 2. The molecule has 0 radical (unpaired) electrons. The molecule has 0 saturated heterocycles. The summed E-state index contributed by atoms with van der Waals surface area (Å²) in [5.74, 6) is 3.54. The average Bonchev–Trinajstić information content (AvgIpc) is 3.09. The Morgan fingerprint density at radius 2 is 1.41 bits per heavy atom. The number of imidazole rings is 1. The fourth-order valence-electron chi connectivity index (χ4n) is 3.77. The van der Waals surface area contributed by atoms with Crippen LogP contribution in [-0.4, -0.2) is 25.9 Å². The van der Waals surface area contributed by atoms with Gasteiger partial charge in [-0.25, -0.2) is 9.13 Å². The SMILES string of the molecule is CCCCCCCCCCn1cc[n+](Cc2c(OC)cc(OC)cc2OC)c1C. The summed E-state index contributed by atoms with van der Waals surface area (Å²) in [5.41, 5.74) is 1.02. The number of methoxy groups -OCH3 is 3. The van der Waals surface area contributed by atoms with Gasteiger partial charge in [0, 0.05) is 19.1 Å². The number of unbranched alkanes of at least 4 members (excludes halogenated alkanes) is 7. The molecule has 0 spiro atoms. The number of aryl methyl sites for hydroxylation is 1. The predicted octanol–water partition coefficient (Wildman–Crippen LogP) is 5.30. The topological polar surface area (TPSA) is 36.5 Å². The number of hydrogen-bond donors (Lipinski definition) is 0. The zero-order valence-electron chi connectivity index (χ0n) is 19.0. The minimum atomic E-state index is 0.701. The van der Waals surface area contributed by atoms with Gasteiger partial charge in [0.1, 0.15) is 36.2 Å². The van der Waals surface area contributed by atoms with Crippen LogP contribution in [0.2, 0.25) is 0 Å². The highest BCUT2D eigenvalue weighted by molar-refractivity contribution is 5.50. The van der Waals surface area contributed by atoms with Crippen molar-refractivity contribution in [3.8, 4) is 17.2 Å². The van der Waals surface area contributed by atoms with Gasteiger partial charge in [0.15, 0.2) is 0 Å². The number of ether oxygens (including phenoxy) is 3. The zero-order chi connectivity index (χ0) is 21.1. The van der Waals surface area contributed by atoms with E-state index < -0.39 is 0 Å². The van der Waals surface area contributed by atoms with Gasteiger partial charge in [-0.3, -0.25) is 0 Å². The number of rotatable bonds is 14. The predicted molar refractivity (Wildman–Crippen MR) is 117 cm³/mol. The molecule has 0 saturated carbocycles. The summed E-state index contributed by atoms with van der Waals surface area (Å²) >= 11 is 0. The molecule has 162 valence electrons. The Kier molecular flexibility index (Phi) is 9.89. The van der Waals surface area contributed by atoms with E-state index in [0.29, 0.717) is 6.54 Å². The fraction of sp³-hybridized carbons (Fsp3) is 0.625. The summed E-state index contributed by atoms with van der Waals surface area (Å²) in [5, 5.41) is 0. The smallest absolute Gasteiger partial charge is 0.253 e. The molecule has 1 aromatic carbocycles. The van der Waals surface area contributed by atoms with Crippen molar-refractivity contribution in [1.82, 2.24) is 4.57 Å². The van der Waals surface area contributed by atoms with Crippen LogP contribution in [0.25, 0.3) is 0 Å². The number of benzene rings is 1. The highest BCUT2D eigenvalue weighted by Gasteiger charge is 2.19. The van der Waals surface area contributed by atoms with E-state index in [1.807, 2.05) is 12.1 Å². The molecule has 0 fully saturated rings. The molecule has 2 aromatic rings. The van der Waals surface area contributed by atoms with Gasteiger partial charge in [-0.1, -0.05) is 45.4 Å². The zero-order valence-corrected chi connectivity index (χ0v) is 19.0. The van der Waals surface area contributed by atoms with Gasteiger partial charge in [-0.05, 0) is 12.8 Å². The normalized spacial score (nSPS) is 10.9. The third-order valence-electron chi connectivity index (χ3n) is 5.66. The van der Waals surface area contributed by atoms with Crippen LogP contribution < -0.4 is 18.8 Å². The molecule has 29 heavy (non-hydrogen) atoms. The van der Waals surface area contributed by atoms with E-state index in [2.05, 4.69) is 35.4 Å². The maximum atomic E-state index is 5.60. The van der Waals surface area contributed by atoms with E-state index in [0.717, 1.165) is 29.4 Å². The number of nitrogens with zero attached hydrogens (tertiary/aromatic N) is 2. The first-order valence-electron chi connectivity index (χ1n) is 11.0. The Morgan fingerprint density at radius 3 is 1.97 bits per heavy atom. The van der Waals surface area contributed by atoms with Crippen molar-refractivity contribution in [3.63, 3.8) is 0 Å². The molecule has 1 aromatic heterocycles. The van der Waals surface area contributed by atoms with Crippen molar-refractivity contribution in [2.45, 2.75) is 78.3 Å². The quantitative estimate of drug-likeness (QED) is 0.317. The molecular formula is C24H39N2O3+. The van der Waals surface area contributed by atoms with Crippen molar-refractivity contribution >= 4 is 0 Å². The van der Waals surface area contributed by atoms with Crippen LogP contribution in [0.1, 0.15) is 69.7 Å². The van der Waals surface area contributed by atoms with E-state index in [1.165, 1.54) is 57.2 Å². The Morgan fingerprint density at radius 1 is 0.828 bits per heavy atom. The first-order valence-corrected chi connectivity index (χ1v) is 11.0. The monoisotopic (exact) mass is 403 g/mol. The van der Waals surface area contributed by atoms with E-state index in [4.69, 9.17) is 14.2 Å². The van der Waals surface area contributed by atoms with Gasteiger partial charge < -0.3 is 14.2 Å². The first kappa shape index (κ1) is 23.1. The molecule has 0 unspecified atom stereocenters. The van der Waals surface area contributed by atoms with Crippen LogP contribution in [0.3, 0.4) is 0 Å². The lowest BCUT2D eigenvalue weighted by atomic mass is 10.1. The van der Waals surface area contributed by atoms with Crippen LogP contribution >= 0.6 is 0 Å². The minimum Gasteiger partial charge on any atom is -0.496 e. The summed E-state index contributed by atoms with van der Waals surface area (Å²) in [6.45, 7) is 6.22. The van der Waals surface area contributed by atoms with Crippen molar-refractivity contribution in [2.24, 2.45) is 0 Å². The van der Waals surface area contributed by atoms with Crippen molar-refractivity contribution in [3.05, 3.63) is 35.9 Å². The lowest BCUT2D eigenvalue weighted by Crippen LogP contribution is -2.36. The molecule has 0 aliphatic carbocycles. The maximum Gasteiger partial charge on any atom is 0.253 e. The first-order chi connectivity index (χ1) is 14.1. The van der Waals surface area contributed by atoms with Crippen molar-refractivity contribution in [2.75, 3.05) is 21.3 Å². The molecule has 1 heterocycles. The minimum absolute atomic E-state index is 0.701. The molecule has 0 aliphatic heterocycles. The fourth-order valence-corrected chi connectivity index (χ4v) is 3.77. The van der Waals surface area contributed by atoms with Gasteiger partial charge in [0.05, 0.1) is 33.4 Å². The third-order valence-corrected chi connectivity index (χ3v) is 5.66. The largest absolute Gasteiger partial charge is 0.496 e. The molecule has 0 atom stereocenters. The van der Waals surface area contributed by atoms with Crippen molar-refractivity contribution in [1.29, 1.82) is 0 Å².